The summed E-state index contributed by atoms with van der Waals surface area (Å²) in [6, 6.07) is 21.6. The van der Waals surface area contributed by atoms with Crippen LogP contribution in [0.4, 0.5) is 0 Å². The quantitative estimate of drug-likeness (QED) is 0.712. The predicted molar refractivity (Wildman–Crippen MR) is 116 cm³/mol. The molecule has 1 aliphatic heterocycles. The number of amides is 1. The highest BCUT2D eigenvalue weighted by molar-refractivity contribution is 5.94. The van der Waals surface area contributed by atoms with Crippen molar-refractivity contribution in [2.45, 2.75) is 37.7 Å². The fourth-order valence-corrected chi connectivity index (χ4v) is 4.97. The monoisotopic (exact) mass is 401 g/mol. The Labute approximate surface area is 177 Å². The third-order valence-electron chi connectivity index (χ3n) is 6.71. The number of rotatable bonds is 3. The normalized spacial score (nSPS) is 23.8. The van der Waals surface area contributed by atoms with Crippen molar-refractivity contribution < 1.29 is 9.90 Å². The number of carbonyl (C=O) groups is 1. The van der Waals surface area contributed by atoms with Gasteiger partial charge in [-0.1, -0.05) is 61.4 Å². The van der Waals surface area contributed by atoms with Gasteiger partial charge in [0.15, 0.2) is 0 Å². The largest absolute Gasteiger partial charge is 0.389 e. The minimum Gasteiger partial charge on any atom is -0.389 e. The summed E-state index contributed by atoms with van der Waals surface area (Å²) in [5.74, 6) is 0.159. The zero-order chi connectivity index (χ0) is 20.6. The summed E-state index contributed by atoms with van der Waals surface area (Å²) in [5, 5.41) is 15.8. The van der Waals surface area contributed by atoms with Crippen LogP contribution in [0.3, 0.4) is 0 Å². The van der Waals surface area contributed by atoms with E-state index < -0.39 is 5.60 Å². The van der Waals surface area contributed by atoms with E-state index in [0.29, 0.717) is 25.2 Å². The van der Waals surface area contributed by atoms with Crippen LogP contribution in [0.2, 0.25) is 0 Å². The van der Waals surface area contributed by atoms with Gasteiger partial charge in [0.2, 0.25) is 0 Å². The minimum atomic E-state index is -0.593. The van der Waals surface area contributed by atoms with Crippen molar-refractivity contribution in [3.63, 3.8) is 0 Å². The molecule has 1 amide bonds. The SMILES string of the molecule is O=C(c1cc(-c2ccccc2)nn1-c1ccccc1)N1CCC2(O)CCCCC2C1. The number of hydrogen-bond donors (Lipinski definition) is 1. The van der Waals surface area contributed by atoms with Gasteiger partial charge in [-0.3, -0.25) is 4.79 Å². The Bertz CT molecular complexity index is 1030. The lowest BCUT2D eigenvalue weighted by Crippen LogP contribution is -2.54. The molecule has 2 aliphatic rings. The second-order valence-corrected chi connectivity index (χ2v) is 8.58. The molecule has 30 heavy (non-hydrogen) atoms. The average molecular weight is 402 g/mol. The van der Waals surface area contributed by atoms with Gasteiger partial charge in [0.05, 0.1) is 17.0 Å². The van der Waals surface area contributed by atoms with Crippen molar-refractivity contribution in [1.29, 1.82) is 0 Å². The molecule has 0 radical (unpaired) electrons. The van der Waals surface area contributed by atoms with Gasteiger partial charge in [-0.15, -0.1) is 0 Å². The molecule has 2 unspecified atom stereocenters. The Morgan fingerprint density at radius 2 is 1.73 bits per heavy atom. The van der Waals surface area contributed by atoms with Crippen LogP contribution in [0.25, 0.3) is 16.9 Å². The third kappa shape index (κ3) is 3.43. The smallest absolute Gasteiger partial charge is 0.272 e. The van der Waals surface area contributed by atoms with Crippen LogP contribution in [-0.4, -0.2) is 44.4 Å². The van der Waals surface area contributed by atoms with Gasteiger partial charge < -0.3 is 10.0 Å². The Morgan fingerprint density at radius 3 is 2.50 bits per heavy atom. The van der Waals surface area contributed by atoms with Crippen molar-refractivity contribution in [2.75, 3.05) is 13.1 Å². The molecule has 1 aromatic heterocycles. The first-order valence-corrected chi connectivity index (χ1v) is 10.9. The van der Waals surface area contributed by atoms with Crippen LogP contribution in [0.1, 0.15) is 42.6 Å². The molecule has 154 valence electrons. The molecule has 5 nitrogen and oxygen atoms in total. The molecule has 2 atom stereocenters. The zero-order valence-electron chi connectivity index (χ0n) is 17.1. The van der Waals surface area contributed by atoms with Crippen LogP contribution in [0.15, 0.2) is 66.7 Å². The second kappa shape index (κ2) is 7.73. The van der Waals surface area contributed by atoms with E-state index in [1.807, 2.05) is 71.6 Å². The second-order valence-electron chi connectivity index (χ2n) is 8.58. The maximum Gasteiger partial charge on any atom is 0.272 e. The van der Waals surface area contributed by atoms with Gasteiger partial charge in [0.25, 0.3) is 5.91 Å². The van der Waals surface area contributed by atoms with Crippen molar-refractivity contribution in [3.8, 4) is 16.9 Å². The number of benzene rings is 2. The molecule has 1 N–H and O–H groups in total. The number of aromatic nitrogens is 2. The summed E-state index contributed by atoms with van der Waals surface area (Å²) in [6.07, 6.45) is 4.74. The fraction of sp³-hybridized carbons (Fsp3) is 0.360. The van der Waals surface area contributed by atoms with E-state index in [4.69, 9.17) is 5.10 Å². The first-order valence-electron chi connectivity index (χ1n) is 10.9. The molecule has 0 spiro atoms. The summed E-state index contributed by atoms with van der Waals surface area (Å²) in [5.41, 5.74) is 2.62. The maximum absolute atomic E-state index is 13.6. The Hall–Kier alpha value is -2.92. The number of para-hydroxylation sites is 1. The molecule has 2 fully saturated rings. The number of nitrogens with zero attached hydrogens (tertiary/aromatic N) is 3. The average Bonchev–Trinajstić information content (AvgIpc) is 3.25. The van der Waals surface area contributed by atoms with E-state index in [-0.39, 0.29) is 11.8 Å². The minimum absolute atomic E-state index is 0.0128. The molecule has 1 saturated heterocycles. The van der Waals surface area contributed by atoms with E-state index in [0.717, 1.165) is 42.6 Å². The van der Waals surface area contributed by atoms with Gasteiger partial charge in [0, 0.05) is 24.6 Å². The van der Waals surface area contributed by atoms with Crippen molar-refractivity contribution in [2.24, 2.45) is 5.92 Å². The van der Waals surface area contributed by atoms with Crippen molar-refractivity contribution in [1.82, 2.24) is 14.7 Å². The van der Waals surface area contributed by atoms with E-state index in [9.17, 15) is 9.90 Å². The predicted octanol–water partition coefficient (Wildman–Crippen LogP) is 4.31. The lowest BCUT2D eigenvalue weighted by atomic mass is 9.71. The number of hydrogen-bond acceptors (Lipinski definition) is 3. The number of aliphatic hydroxyl groups is 1. The summed E-state index contributed by atoms with van der Waals surface area (Å²) in [4.78, 5) is 15.5. The molecule has 0 bridgehead atoms. The molecular weight excluding hydrogens is 374 g/mol. The Balaban J connectivity index is 1.50. The topological polar surface area (TPSA) is 58.4 Å². The highest BCUT2D eigenvalue weighted by Gasteiger charge is 2.44. The molecule has 5 rings (SSSR count). The molecule has 5 heteroatoms. The van der Waals surface area contributed by atoms with Crippen molar-refractivity contribution >= 4 is 5.91 Å². The lowest BCUT2D eigenvalue weighted by molar-refractivity contribution is -0.0887. The standard InChI is InChI=1S/C25H27N3O2/c29-24(27-16-15-25(30)14-8-7-11-20(25)18-27)23-17-22(19-9-3-1-4-10-19)26-28(23)21-12-5-2-6-13-21/h1-6,9-10,12-13,17,20,30H,7-8,11,14-16,18H2. The van der Waals surface area contributed by atoms with Gasteiger partial charge in [-0.2, -0.15) is 5.10 Å². The summed E-state index contributed by atoms with van der Waals surface area (Å²) >= 11 is 0. The Kier molecular flexibility index (Phi) is 4.91. The van der Waals surface area contributed by atoms with Crippen LogP contribution in [0, 0.1) is 5.92 Å². The van der Waals surface area contributed by atoms with E-state index >= 15 is 0 Å². The third-order valence-corrected chi connectivity index (χ3v) is 6.71. The lowest BCUT2D eigenvalue weighted by Gasteiger charge is -2.47. The van der Waals surface area contributed by atoms with Crippen LogP contribution in [-0.2, 0) is 0 Å². The van der Waals surface area contributed by atoms with Crippen molar-refractivity contribution in [3.05, 3.63) is 72.4 Å². The first-order chi connectivity index (χ1) is 14.6. The summed E-state index contributed by atoms with van der Waals surface area (Å²) < 4.78 is 1.76. The van der Waals surface area contributed by atoms with E-state index in [1.165, 1.54) is 0 Å². The maximum atomic E-state index is 13.6. The molecule has 2 heterocycles. The molecule has 1 saturated carbocycles. The fourth-order valence-electron chi connectivity index (χ4n) is 4.97. The molecule has 3 aromatic rings. The number of likely N-dealkylation sites (tertiary alicyclic amines) is 1. The first kappa shape index (κ1) is 19.1. The zero-order valence-corrected chi connectivity index (χ0v) is 17.1. The molecular formula is C25H27N3O2. The number of carbonyl (C=O) groups excluding carboxylic acids is 1. The summed E-state index contributed by atoms with van der Waals surface area (Å²) in [6.45, 7) is 1.21. The van der Waals surface area contributed by atoms with Gasteiger partial charge in [-0.25, -0.2) is 4.68 Å². The number of piperidine rings is 1. The van der Waals surface area contributed by atoms with E-state index in [2.05, 4.69) is 0 Å². The van der Waals surface area contributed by atoms with Gasteiger partial charge >= 0.3 is 0 Å². The highest BCUT2D eigenvalue weighted by atomic mass is 16.3. The Morgan fingerprint density at radius 1 is 1.00 bits per heavy atom. The number of fused-ring (bicyclic) bond motifs is 1. The summed E-state index contributed by atoms with van der Waals surface area (Å²) in [7, 11) is 0. The highest BCUT2D eigenvalue weighted by Crippen LogP contribution is 2.40. The molecule has 2 aromatic carbocycles. The van der Waals surface area contributed by atoms with Gasteiger partial charge in [0.1, 0.15) is 5.69 Å². The molecule has 1 aliphatic carbocycles. The van der Waals surface area contributed by atoms with Crippen LogP contribution in [0.5, 0.6) is 0 Å². The van der Waals surface area contributed by atoms with Crippen LogP contribution >= 0.6 is 0 Å². The van der Waals surface area contributed by atoms with Gasteiger partial charge in [-0.05, 0) is 37.5 Å². The van der Waals surface area contributed by atoms with Crippen LogP contribution < -0.4 is 0 Å². The van der Waals surface area contributed by atoms with E-state index in [1.54, 1.807) is 4.68 Å².